The number of hydrogen-bond acceptors (Lipinski definition) is 6. The van der Waals surface area contributed by atoms with Crippen LogP contribution in [0, 0.1) is 0 Å². The molecule has 0 amide bonds. The van der Waals surface area contributed by atoms with Gasteiger partial charge in [0.2, 0.25) is 10.0 Å². The highest BCUT2D eigenvalue weighted by molar-refractivity contribution is 7.88. The number of sulfonamides is 1. The van der Waals surface area contributed by atoms with E-state index in [1.54, 1.807) is 11.3 Å². The number of nitrogens with one attached hydrogen (secondary N) is 2. The van der Waals surface area contributed by atoms with E-state index in [2.05, 4.69) is 20.0 Å². The van der Waals surface area contributed by atoms with Gasteiger partial charge in [0.1, 0.15) is 12.1 Å². The van der Waals surface area contributed by atoms with Crippen molar-refractivity contribution in [2.24, 2.45) is 0 Å². The Hall–Kier alpha value is -1.25. The summed E-state index contributed by atoms with van der Waals surface area (Å²) in [4.78, 5) is 8.32. The highest BCUT2D eigenvalue weighted by Crippen LogP contribution is 2.24. The molecule has 8 heteroatoms. The summed E-state index contributed by atoms with van der Waals surface area (Å²) in [7, 11) is -3.10. The van der Waals surface area contributed by atoms with Crippen molar-refractivity contribution in [3.05, 3.63) is 17.8 Å². The molecule has 0 radical (unpaired) electrons. The third kappa shape index (κ3) is 3.62. The molecule has 0 atom stereocenters. The molecule has 0 bridgehead atoms. The summed E-state index contributed by atoms with van der Waals surface area (Å²) in [6, 6.07) is 1.94. The van der Waals surface area contributed by atoms with Gasteiger partial charge in [-0.25, -0.2) is 23.1 Å². The minimum absolute atomic E-state index is 0.421. The molecule has 0 saturated carbocycles. The molecule has 18 heavy (non-hydrogen) atoms. The van der Waals surface area contributed by atoms with Crippen molar-refractivity contribution < 1.29 is 8.42 Å². The number of anilines is 1. The van der Waals surface area contributed by atoms with Crippen LogP contribution in [0.2, 0.25) is 0 Å². The Labute approximate surface area is 110 Å². The van der Waals surface area contributed by atoms with E-state index in [4.69, 9.17) is 0 Å². The Balaban J connectivity index is 1.85. The van der Waals surface area contributed by atoms with Crippen molar-refractivity contribution >= 4 is 37.4 Å². The zero-order chi connectivity index (χ0) is 13.0. The quantitative estimate of drug-likeness (QED) is 0.775. The minimum atomic E-state index is -3.10. The van der Waals surface area contributed by atoms with Gasteiger partial charge < -0.3 is 5.32 Å². The molecule has 0 aliphatic carbocycles. The highest BCUT2D eigenvalue weighted by atomic mass is 32.2. The van der Waals surface area contributed by atoms with Crippen molar-refractivity contribution in [3.8, 4) is 0 Å². The van der Waals surface area contributed by atoms with Crippen LogP contribution in [0.4, 0.5) is 5.82 Å². The lowest BCUT2D eigenvalue weighted by atomic mass is 10.4. The summed E-state index contributed by atoms with van der Waals surface area (Å²) in [6.45, 7) is 1.08. The van der Waals surface area contributed by atoms with E-state index < -0.39 is 10.0 Å². The van der Waals surface area contributed by atoms with Gasteiger partial charge in [0.25, 0.3) is 0 Å². The monoisotopic (exact) mass is 286 g/mol. The van der Waals surface area contributed by atoms with Gasteiger partial charge in [-0.05, 0) is 17.9 Å². The molecule has 2 heterocycles. The standard InChI is InChI=1S/C10H14N4O2S2/c1-18(15,16)14-5-2-4-11-10-9-8(3-6-17-9)12-7-13-10/h3,6-7,14H,2,4-5H2,1H3,(H,11,12,13). The van der Waals surface area contributed by atoms with Crippen molar-refractivity contribution in [3.63, 3.8) is 0 Å². The van der Waals surface area contributed by atoms with Gasteiger partial charge in [-0.15, -0.1) is 11.3 Å². The van der Waals surface area contributed by atoms with Crippen LogP contribution in [0.5, 0.6) is 0 Å². The van der Waals surface area contributed by atoms with Gasteiger partial charge in [0.05, 0.1) is 16.5 Å². The van der Waals surface area contributed by atoms with Crippen LogP contribution in [0.15, 0.2) is 17.8 Å². The normalized spacial score (nSPS) is 11.8. The average molecular weight is 286 g/mol. The van der Waals surface area contributed by atoms with Crippen LogP contribution in [0.3, 0.4) is 0 Å². The van der Waals surface area contributed by atoms with Crippen molar-refractivity contribution in [1.82, 2.24) is 14.7 Å². The van der Waals surface area contributed by atoms with Crippen LogP contribution < -0.4 is 10.0 Å². The van der Waals surface area contributed by atoms with E-state index in [0.29, 0.717) is 19.5 Å². The molecule has 0 aliphatic heterocycles. The second kappa shape index (κ2) is 5.59. The predicted octanol–water partition coefficient (Wildman–Crippen LogP) is 1.04. The summed E-state index contributed by atoms with van der Waals surface area (Å²) in [6.07, 6.45) is 3.37. The van der Waals surface area contributed by atoms with Crippen molar-refractivity contribution in [1.29, 1.82) is 0 Å². The average Bonchev–Trinajstić information content (AvgIpc) is 2.75. The fourth-order valence-corrected chi connectivity index (χ4v) is 2.79. The van der Waals surface area contributed by atoms with Gasteiger partial charge in [0, 0.05) is 13.1 Å². The zero-order valence-corrected chi connectivity index (χ0v) is 11.5. The third-order valence-corrected chi connectivity index (χ3v) is 3.89. The third-order valence-electron chi connectivity index (χ3n) is 2.25. The summed E-state index contributed by atoms with van der Waals surface area (Å²) < 4.78 is 25.2. The highest BCUT2D eigenvalue weighted by Gasteiger charge is 2.04. The maximum atomic E-state index is 10.9. The Kier molecular flexibility index (Phi) is 4.10. The van der Waals surface area contributed by atoms with Crippen LogP contribution in [0.1, 0.15) is 6.42 Å². The van der Waals surface area contributed by atoms with E-state index in [1.807, 2.05) is 11.4 Å². The molecule has 2 aromatic heterocycles. The van der Waals surface area contributed by atoms with Crippen LogP contribution in [-0.2, 0) is 10.0 Å². The first kappa shape index (κ1) is 13.2. The second-order valence-corrected chi connectivity index (χ2v) is 6.55. The molecule has 2 N–H and O–H groups in total. The van der Waals surface area contributed by atoms with Gasteiger partial charge in [-0.1, -0.05) is 0 Å². The fraction of sp³-hybridized carbons (Fsp3) is 0.400. The topological polar surface area (TPSA) is 84.0 Å². The molecule has 0 fully saturated rings. The summed E-state index contributed by atoms with van der Waals surface area (Å²) in [5, 5.41) is 5.15. The number of fused-ring (bicyclic) bond motifs is 1. The maximum absolute atomic E-state index is 10.9. The summed E-state index contributed by atoms with van der Waals surface area (Å²) >= 11 is 1.58. The van der Waals surface area contributed by atoms with Gasteiger partial charge in [0.15, 0.2) is 0 Å². The molecule has 0 unspecified atom stereocenters. The number of hydrogen-bond donors (Lipinski definition) is 2. The molecule has 0 saturated heterocycles. The van der Waals surface area contributed by atoms with E-state index in [9.17, 15) is 8.42 Å². The molecule has 2 rings (SSSR count). The Bertz CT molecular complexity index is 624. The van der Waals surface area contributed by atoms with E-state index >= 15 is 0 Å². The molecular weight excluding hydrogens is 272 g/mol. The van der Waals surface area contributed by atoms with Crippen LogP contribution in [0.25, 0.3) is 10.2 Å². The van der Waals surface area contributed by atoms with Crippen LogP contribution >= 0.6 is 11.3 Å². The minimum Gasteiger partial charge on any atom is -0.369 e. The largest absolute Gasteiger partial charge is 0.369 e. The first-order chi connectivity index (χ1) is 8.56. The lowest BCUT2D eigenvalue weighted by molar-refractivity contribution is 0.586. The van der Waals surface area contributed by atoms with Gasteiger partial charge in [-0.2, -0.15) is 0 Å². The molecule has 0 aliphatic rings. The number of nitrogens with zero attached hydrogens (tertiary/aromatic N) is 2. The van der Waals surface area contributed by atoms with Crippen molar-refractivity contribution in [2.75, 3.05) is 24.7 Å². The SMILES string of the molecule is CS(=O)(=O)NCCCNc1ncnc2ccsc12. The Morgan fingerprint density at radius 3 is 2.94 bits per heavy atom. The Morgan fingerprint density at radius 2 is 2.17 bits per heavy atom. The predicted molar refractivity (Wildman–Crippen MR) is 73.4 cm³/mol. The van der Waals surface area contributed by atoms with E-state index in [0.717, 1.165) is 22.3 Å². The zero-order valence-electron chi connectivity index (χ0n) is 9.88. The lowest BCUT2D eigenvalue weighted by Crippen LogP contribution is -2.24. The molecule has 0 spiro atoms. The van der Waals surface area contributed by atoms with Gasteiger partial charge in [-0.3, -0.25) is 0 Å². The van der Waals surface area contributed by atoms with Gasteiger partial charge >= 0.3 is 0 Å². The summed E-state index contributed by atoms with van der Waals surface area (Å²) in [5.41, 5.74) is 0.923. The number of aromatic nitrogens is 2. The Morgan fingerprint density at radius 1 is 1.33 bits per heavy atom. The first-order valence-corrected chi connectivity index (χ1v) is 8.20. The van der Waals surface area contributed by atoms with E-state index in [1.165, 1.54) is 6.33 Å². The molecule has 0 aromatic carbocycles. The molecular formula is C10H14N4O2S2. The molecule has 6 nitrogen and oxygen atoms in total. The maximum Gasteiger partial charge on any atom is 0.208 e. The number of thiophene rings is 1. The fourth-order valence-electron chi connectivity index (χ4n) is 1.47. The second-order valence-electron chi connectivity index (χ2n) is 3.80. The van der Waals surface area contributed by atoms with E-state index in [-0.39, 0.29) is 0 Å². The molecule has 2 aromatic rings. The van der Waals surface area contributed by atoms with Crippen LogP contribution in [-0.4, -0.2) is 37.7 Å². The smallest absolute Gasteiger partial charge is 0.208 e. The lowest BCUT2D eigenvalue weighted by Gasteiger charge is -2.06. The summed E-state index contributed by atoms with van der Waals surface area (Å²) in [5.74, 6) is 0.800. The molecule has 98 valence electrons. The first-order valence-electron chi connectivity index (χ1n) is 5.43. The van der Waals surface area contributed by atoms with Crippen molar-refractivity contribution in [2.45, 2.75) is 6.42 Å². The number of rotatable bonds is 6.